The topological polar surface area (TPSA) is 0 Å². The third-order valence-electron chi connectivity index (χ3n) is 0. The van der Waals surface area contributed by atoms with Gasteiger partial charge in [-0.3, -0.25) is 0 Å². The SMILES string of the molecule is [Nb].[Nb].[Nb].[Rh].[Rh].[Rh].[Rh].[Rh].[Rh].[Rh]. The molecule has 0 aromatic heterocycles. The summed E-state index contributed by atoms with van der Waals surface area (Å²) in [6.45, 7) is 0. The number of hydrogen-bond acceptors (Lipinski definition) is 0. The van der Waals surface area contributed by atoms with Gasteiger partial charge < -0.3 is 0 Å². The van der Waals surface area contributed by atoms with Gasteiger partial charge in [-0.15, -0.1) is 0 Å². The molecule has 10 heteroatoms. The summed E-state index contributed by atoms with van der Waals surface area (Å²) in [5.74, 6) is 0. The molecule has 10 heavy (non-hydrogen) atoms. The Balaban J connectivity index is 0. The fraction of sp³-hybridized carbons (Fsp3) is 0. The standard InChI is InChI=1S/3Nb.7Rh. The summed E-state index contributed by atoms with van der Waals surface area (Å²) in [7, 11) is 0. The van der Waals surface area contributed by atoms with Crippen molar-refractivity contribution in [2.75, 3.05) is 0 Å². The Morgan fingerprint density at radius 1 is 0.200 bits per heavy atom. The van der Waals surface area contributed by atoms with Gasteiger partial charge in [0.2, 0.25) is 0 Å². The van der Waals surface area contributed by atoms with E-state index in [0.29, 0.717) is 0 Å². The molecule has 0 unspecified atom stereocenters. The van der Waals surface area contributed by atoms with Crippen molar-refractivity contribution in [1.29, 1.82) is 0 Å². The van der Waals surface area contributed by atoms with Crippen LogP contribution in [0.4, 0.5) is 0 Å². The van der Waals surface area contributed by atoms with Crippen LogP contribution in [0.1, 0.15) is 0 Å². The molecule has 0 aromatic carbocycles. The van der Waals surface area contributed by atoms with Crippen LogP contribution >= 0.6 is 0 Å². The first-order valence-corrected chi connectivity index (χ1v) is 0. The first kappa shape index (κ1) is 92.9. The summed E-state index contributed by atoms with van der Waals surface area (Å²) in [5, 5.41) is 0. The number of rotatable bonds is 0. The van der Waals surface area contributed by atoms with Gasteiger partial charge in [0.15, 0.2) is 0 Å². The first-order chi connectivity index (χ1) is 0. The van der Waals surface area contributed by atoms with E-state index in [0.717, 1.165) is 0 Å². The molecule has 0 fully saturated rings. The predicted octanol–water partition coefficient (Wildman–Crippen LogP) is -0.0250. The quantitative estimate of drug-likeness (QED) is 0.300. The molecule has 0 aliphatic rings. The van der Waals surface area contributed by atoms with Crippen molar-refractivity contribution < 1.29 is 203 Å². The maximum Gasteiger partial charge on any atom is 0 e. The van der Waals surface area contributed by atoms with Gasteiger partial charge >= 0.3 is 0 Å². The normalized spacial score (nSPS) is 0. The summed E-state index contributed by atoms with van der Waals surface area (Å²) >= 11 is 0. The maximum atomic E-state index is 0. The Morgan fingerprint density at radius 3 is 0.200 bits per heavy atom. The van der Waals surface area contributed by atoms with Crippen molar-refractivity contribution >= 4 is 0 Å². The molecule has 0 heterocycles. The van der Waals surface area contributed by atoms with E-state index in [1.807, 2.05) is 0 Å². The second-order valence-electron chi connectivity index (χ2n) is 0. The van der Waals surface area contributed by atoms with Crippen molar-refractivity contribution in [3.05, 3.63) is 0 Å². The number of hydrogen-bond donors (Lipinski definition) is 0. The Bertz CT molecular complexity index is 8.81. The van der Waals surface area contributed by atoms with Crippen LogP contribution in [0.25, 0.3) is 0 Å². The van der Waals surface area contributed by atoms with Gasteiger partial charge in [0.05, 0.1) is 0 Å². The van der Waals surface area contributed by atoms with Crippen LogP contribution in [0, 0.1) is 0 Å². The van der Waals surface area contributed by atoms with E-state index in [4.69, 9.17) is 0 Å². The molecule has 0 nitrogen and oxygen atoms in total. The Labute approximate surface area is 198 Å². The zero-order chi connectivity index (χ0) is 0. The molecular weight excluding hydrogens is 999 g/mol. The molecule has 0 saturated carbocycles. The van der Waals surface area contributed by atoms with Crippen LogP contribution in [-0.2, 0) is 203 Å². The Kier molecular flexibility index (Phi) is 710. The van der Waals surface area contributed by atoms with Gasteiger partial charge in [-0.1, -0.05) is 0 Å². The average molecular weight is 999 g/mol. The molecule has 0 spiro atoms. The monoisotopic (exact) mass is 999 g/mol. The predicted molar refractivity (Wildman–Crippen MR) is 0 cm³/mol. The van der Waals surface area contributed by atoms with Crippen LogP contribution in [0.15, 0.2) is 0 Å². The van der Waals surface area contributed by atoms with E-state index in [2.05, 4.69) is 0 Å². The molecule has 0 aliphatic carbocycles. The van der Waals surface area contributed by atoms with Gasteiger partial charge in [-0.05, 0) is 0 Å². The van der Waals surface area contributed by atoms with Crippen molar-refractivity contribution in [1.82, 2.24) is 0 Å². The summed E-state index contributed by atoms with van der Waals surface area (Å²) in [5.41, 5.74) is 0. The third-order valence-corrected chi connectivity index (χ3v) is 0. The van der Waals surface area contributed by atoms with Crippen molar-refractivity contribution in [2.45, 2.75) is 0 Å². The summed E-state index contributed by atoms with van der Waals surface area (Å²) in [6.07, 6.45) is 0. The minimum Gasteiger partial charge on any atom is 0 e. The average Bonchev–Trinajstić information content (AvgIpc) is 0. The van der Waals surface area contributed by atoms with Gasteiger partial charge in [0, 0.05) is 203 Å². The smallest absolute Gasteiger partial charge is 0 e. The van der Waals surface area contributed by atoms with Crippen LogP contribution < -0.4 is 0 Å². The molecule has 0 saturated heterocycles. The molecule has 0 aromatic rings. The zero-order valence-corrected chi connectivity index (χ0v) is 21.7. The van der Waals surface area contributed by atoms with Gasteiger partial charge in [-0.25, -0.2) is 0 Å². The summed E-state index contributed by atoms with van der Waals surface area (Å²) in [6, 6.07) is 0. The van der Waals surface area contributed by atoms with E-state index < -0.39 is 0 Å². The fourth-order valence-corrected chi connectivity index (χ4v) is 0. The molecule has 0 atom stereocenters. The first-order valence-electron chi connectivity index (χ1n) is 0. The molecule has 0 aliphatic heterocycles. The van der Waals surface area contributed by atoms with E-state index in [1.165, 1.54) is 0 Å². The van der Waals surface area contributed by atoms with Crippen molar-refractivity contribution in [3.8, 4) is 0 Å². The molecule has 10 radical (unpaired) electrons. The van der Waals surface area contributed by atoms with E-state index in [-0.39, 0.29) is 203 Å². The van der Waals surface area contributed by atoms with Gasteiger partial charge in [0.25, 0.3) is 0 Å². The minimum atomic E-state index is 0. The molecule has 78 valence electrons. The Morgan fingerprint density at radius 2 is 0.200 bits per heavy atom. The van der Waals surface area contributed by atoms with Crippen molar-refractivity contribution in [2.24, 2.45) is 0 Å². The van der Waals surface area contributed by atoms with Crippen LogP contribution in [-0.4, -0.2) is 0 Å². The second-order valence-corrected chi connectivity index (χ2v) is 0. The van der Waals surface area contributed by atoms with Crippen LogP contribution in [0.2, 0.25) is 0 Å². The van der Waals surface area contributed by atoms with Crippen molar-refractivity contribution in [3.63, 3.8) is 0 Å². The summed E-state index contributed by atoms with van der Waals surface area (Å²) < 4.78 is 0. The van der Waals surface area contributed by atoms with E-state index >= 15 is 0 Å². The maximum absolute atomic E-state index is 0. The van der Waals surface area contributed by atoms with E-state index in [9.17, 15) is 0 Å². The molecule has 0 rings (SSSR count). The molecule has 0 bridgehead atoms. The van der Waals surface area contributed by atoms with E-state index in [1.54, 1.807) is 0 Å². The summed E-state index contributed by atoms with van der Waals surface area (Å²) in [4.78, 5) is 0. The Hall–Kier alpha value is 6.58. The van der Waals surface area contributed by atoms with Crippen LogP contribution in [0.5, 0.6) is 0 Å². The largest absolute Gasteiger partial charge is 0 e. The van der Waals surface area contributed by atoms with Gasteiger partial charge in [0.1, 0.15) is 0 Å². The van der Waals surface area contributed by atoms with Gasteiger partial charge in [-0.2, -0.15) is 0 Å². The fourth-order valence-electron chi connectivity index (χ4n) is 0. The van der Waals surface area contributed by atoms with Crippen LogP contribution in [0.3, 0.4) is 0 Å². The second kappa shape index (κ2) is 76.5. The molecular formula is Nb3Rh7. The zero-order valence-electron chi connectivity index (χ0n) is 3.67. The third kappa shape index (κ3) is 62.1. The minimum absolute atomic E-state index is 0. The molecule has 0 N–H and O–H groups in total. The molecule has 0 amide bonds.